The normalized spacial score (nSPS) is 12.2. The second-order valence-corrected chi connectivity index (χ2v) is 4.50. The van der Waals surface area contributed by atoms with Crippen molar-refractivity contribution in [3.8, 4) is 11.5 Å². The Hall–Kier alpha value is -2.01. The summed E-state index contributed by atoms with van der Waals surface area (Å²) in [6.45, 7) is 5.20. The van der Waals surface area contributed by atoms with Crippen molar-refractivity contribution in [1.29, 1.82) is 0 Å². The van der Waals surface area contributed by atoms with Crippen molar-refractivity contribution in [3.63, 3.8) is 0 Å². The van der Waals surface area contributed by atoms with E-state index >= 15 is 0 Å². The molecule has 0 amide bonds. The molecule has 1 N–H and O–H groups in total. The fourth-order valence-electron chi connectivity index (χ4n) is 1.87. The molecule has 0 aliphatic carbocycles. The average molecular weight is 276 g/mol. The summed E-state index contributed by atoms with van der Waals surface area (Å²) in [4.78, 5) is 4.11. The van der Waals surface area contributed by atoms with Gasteiger partial charge in [-0.2, -0.15) is 0 Å². The predicted octanol–water partition coefficient (Wildman–Crippen LogP) is 2.03. The quantitative estimate of drug-likeness (QED) is 0.840. The van der Waals surface area contributed by atoms with Gasteiger partial charge in [0, 0.05) is 12.4 Å². The van der Waals surface area contributed by atoms with E-state index in [1.54, 1.807) is 6.20 Å². The maximum Gasteiger partial charge on any atom is 0.119 e. The van der Waals surface area contributed by atoms with Gasteiger partial charge in [-0.05, 0) is 38.1 Å². The number of aromatic nitrogens is 2. The zero-order valence-electron chi connectivity index (χ0n) is 11.8. The monoisotopic (exact) mass is 276 g/mol. The van der Waals surface area contributed by atoms with Crippen molar-refractivity contribution in [2.75, 3.05) is 13.2 Å². The molecule has 1 heterocycles. The molecule has 1 unspecified atom stereocenters. The van der Waals surface area contributed by atoms with E-state index in [2.05, 4.69) is 4.98 Å². The summed E-state index contributed by atoms with van der Waals surface area (Å²) in [5.41, 5.74) is 0. The summed E-state index contributed by atoms with van der Waals surface area (Å²) in [5.74, 6) is 2.41. The molecular weight excluding hydrogens is 256 g/mol. The number of hydrogen-bond donors (Lipinski definition) is 1. The fourth-order valence-corrected chi connectivity index (χ4v) is 1.87. The molecule has 20 heavy (non-hydrogen) atoms. The molecule has 0 fully saturated rings. The molecule has 108 valence electrons. The predicted molar refractivity (Wildman–Crippen MR) is 76.1 cm³/mol. The van der Waals surface area contributed by atoms with Crippen molar-refractivity contribution in [2.24, 2.45) is 0 Å². The molecule has 0 aliphatic rings. The van der Waals surface area contributed by atoms with Gasteiger partial charge in [-0.15, -0.1) is 0 Å². The van der Waals surface area contributed by atoms with E-state index in [0.29, 0.717) is 13.2 Å². The Kier molecular flexibility index (Phi) is 5.01. The lowest BCUT2D eigenvalue weighted by molar-refractivity contribution is 0.0919. The third kappa shape index (κ3) is 3.99. The van der Waals surface area contributed by atoms with Gasteiger partial charge in [0.15, 0.2) is 0 Å². The molecule has 0 bridgehead atoms. The number of aliphatic hydroxyl groups is 1. The van der Waals surface area contributed by atoms with Crippen LogP contribution in [0.15, 0.2) is 36.7 Å². The maximum absolute atomic E-state index is 9.95. The fraction of sp³-hybridized carbons (Fsp3) is 0.400. The van der Waals surface area contributed by atoms with Crippen molar-refractivity contribution < 1.29 is 14.6 Å². The maximum atomic E-state index is 9.95. The number of aliphatic hydroxyl groups excluding tert-OH is 1. The lowest BCUT2D eigenvalue weighted by Crippen LogP contribution is -2.23. The third-order valence-corrected chi connectivity index (χ3v) is 2.91. The van der Waals surface area contributed by atoms with Crippen LogP contribution in [0.2, 0.25) is 0 Å². The minimum absolute atomic E-state index is 0.242. The van der Waals surface area contributed by atoms with Gasteiger partial charge in [0.2, 0.25) is 0 Å². The van der Waals surface area contributed by atoms with E-state index in [9.17, 15) is 5.11 Å². The number of imidazole rings is 1. The molecule has 1 aromatic heterocycles. The van der Waals surface area contributed by atoms with Crippen LogP contribution >= 0.6 is 0 Å². The molecular formula is C15H20N2O3. The standard InChI is InChI=1S/C15H20N2O3/c1-3-19-14-4-6-15(7-5-14)20-11-13(18)10-17-9-8-16-12(17)2/h4-9,13,18H,3,10-11H2,1-2H3. The molecule has 0 saturated heterocycles. The van der Waals surface area contributed by atoms with Gasteiger partial charge in [-0.25, -0.2) is 4.98 Å². The van der Waals surface area contributed by atoms with Crippen molar-refractivity contribution in [2.45, 2.75) is 26.5 Å². The minimum Gasteiger partial charge on any atom is -0.494 e. The van der Waals surface area contributed by atoms with Gasteiger partial charge in [0.1, 0.15) is 30.0 Å². The summed E-state index contributed by atoms with van der Waals surface area (Å²) in [5, 5.41) is 9.95. The van der Waals surface area contributed by atoms with Crippen LogP contribution in [-0.2, 0) is 6.54 Å². The van der Waals surface area contributed by atoms with Crippen molar-refractivity contribution in [3.05, 3.63) is 42.5 Å². The van der Waals surface area contributed by atoms with E-state index < -0.39 is 6.10 Å². The Morgan fingerprint density at radius 1 is 1.20 bits per heavy atom. The van der Waals surface area contributed by atoms with E-state index in [0.717, 1.165) is 17.3 Å². The van der Waals surface area contributed by atoms with Crippen LogP contribution in [0.5, 0.6) is 11.5 Å². The summed E-state index contributed by atoms with van der Waals surface area (Å²) >= 11 is 0. The molecule has 0 saturated carbocycles. The summed E-state index contributed by atoms with van der Waals surface area (Å²) in [6.07, 6.45) is 2.99. The highest BCUT2D eigenvalue weighted by Gasteiger charge is 2.08. The zero-order chi connectivity index (χ0) is 14.4. The van der Waals surface area contributed by atoms with Gasteiger partial charge in [0.05, 0.1) is 13.2 Å². The highest BCUT2D eigenvalue weighted by molar-refractivity contribution is 5.31. The lowest BCUT2D eigenvalue weighted by Gasteiger charge is -2.14. The Morgan fingerprint density at radius 3 is 2.40 bits per heavy atom. The number of rotatable bonds is 7. The van der Waals surface area contributed by atoms with E-state index in [4.69, 9.17) is 9.47 Å². The van der Waals surface area contributed by atoms with Crippen LogP contribution in [0.1, 0.15) is 12.7 Å². The number of ether oxygens (including phenoxy) is 2. The van der Waals surface area contributed by atoms with Crippen LogP contribution < -0.4 is 9.47 Å². The van der Waals surface area contributed by atoms with Gasteiger partial charge in [-0.1, -0.05) is 0 Å². The van der Waals surface area contributed by atoms with E-state index in [-0.39, 0.29) is 6.61 Å². The second-order valence-electron chi connectivity index (χ2n) is 4.50. The zero-order valence-corrected chi connectivity index (χ0v) is 11.8. The molecule has 2 aromatic rings. The molecule has 2 rings (SSSR count). The first-order chi connectivity index (χ1) is 9.69. The molecule has 0 aliphatic heterocycles. The smallest absolute Gasteiger partial charge is 0.119 e. The van der Waals surface area contributed by atoms with Crippen molar-refractivity contribution >= 4 is 0 Å². The highest BCUT2D eigenvalue weighted by atomic mass is 16.5. The molecule has 5 nitrogen and oxygen atoms in total. The van der Waals surface area contributed by atoms with Crippen LogP contribution in [0, 0.1) is 6.92 Å². The summed E-state index contributed by atoms with van der Waals surface area (Å²) in [6, 6.07) is 7.37. The summed E-state index contributed by atoms with van der Waals surface area (Å²) in [7, 11) is 0. The Labute approximate surface area is 118 Å². The van der Waals surface area contributed by atoms with E-state index in [1.807, 2.05) is 48.9 Å². The van der Waals surface area contributed by atoms with Crippen LogP contribution in [0.4, 0.5) is 0 Å². The first kappa shape index (κ1) is 14.4. The number of hydrogen-bond acceptors (Lipinski definition) is 4. The Bertz CT molecular complexity index is 522. The van der Waals surface area contributed by atoms with Gasteiger partial charge in [-0.3, -0.25) is 0 Å². The van der Waals surface area contributed by atoms with Gasteiger partial charge in [0.25, 0.3) is 0 Å². The van der Waals surface area contributed by atoms with Crippen LogP contribution in [-0.4, -0.2) is 34.0 Å². The first-order valence-electron chi connectivity index (χ1n) is 6.70. The Morgan fingerprint density at radius 2 is 1.85 bits per heavy atom. The molecule has 0 spiro atoms. The third-order valence-electron chi connectivity index (χ3n) is 2.91. The average Bonchev–Trinajstić information content (AvgIpc) is 2.84. The number of benzene rings is 1. The molecule has 1 aromatic carbocycles. The minimum atomic E-state index is -0.575. The molecule has 5 heteroatoms. The molecule has 0 radical (unpaired) electrons. The van der Waals surface area contributed by atoms with E-state index in [1.165, 1.54) is 0 Å². The number of nitrogens with zero attached hydrogens (tertiary/aromatic N) is 2. The SMILES string of the molecule is CCOc1ccc(OCC(O)Cn2ccnc2C)cc1. The topological polar surface area (TPSA) is 56.5 Å². The molecule has 1 atom stereocenters. The Balaban J connectivity index is 1.81. The largest absolute Gasteiger partial charge is 0.494 e. The highest BCUT2D eigenvalue weighted by Crippen LogP contribution is 2.17. The second kappa shape index (κ2) is 6.96. The van der Waals surface area contributed by atoms with Crippen molar-refractivity contribution in [1.82, 2.24) is 9.55 Å². The van der Waals surface area contributed by atoms with Crippen LogP contribution in [0.3, 0.4) is 0 Å². The number of aryl methyl sites for hydroxylation is 1. The first-order valence-corrected chi connectivity index (χ1v) is 6.70. The van der Waals surface area contributed by atoms with Gasteiger partial charge >= 0.3 is 0 Å². The lowest BCUT2D eigenvalue weighted by atomic mass is 10.3. The van der Waals surface area contributed by atoms with Crippen LogP contribution in [0.25, 0.3) is 0 Å². The van der Waals surface area contributed by atoms with Gasteiger partial charge < -0.3 is 19.1 Å². The summed E-state index contributed by atoms with van der Waals surface area (Å²) < 4.78 is 12.8.